The number of nitrogens with two attached hydrogens (primary N) is 1. The van der Waals surface area contributed by atoms with Gasteiger partial charge in [-0.3, -0.25) is 4.79 Å². The van der Waals surface area contributed by atoms with E-state index in [-0.39, 0.29) is 87.4 Å². The number of imidazole rings is 1. The van der Waals surface area contributed by atoms with E-state index in [4.69, 9.17) is 5.73 Å². The maximum absolute atomic E-state index is 11.6. The van der Waals surface area contributed by atoms with E-state index in [1.165, 1.54) is 6.33 Å². The smallest absolute Gasteiger partial charge is 0.453 e. The van der Waals surface area contributed by atoms with Crippen LogP contribution in [0.5, 0.6) is 0 Å². The summed E-state index contributed by atoms with van der Waals surface area (Å²) in [5.74, 6) is -0.0207. The molecule has 0 aromatic carbocycles. The Morgan fingerprint density at radius 3 is 2.90 bits per heavy atom. The SMILES string of the molecule is Nc1nc2c(ncn2C[C@]2(CO)C[C@H]2CO)c(=O)[n-]1.[K+]. The molecule has 3 rings (SSSR count). The number of rotatable bonds is 4. The summed E-state index contributed by atoms with van der Waals surface area (Å²) in [6.45, 7) is 0.459. The quantitative estimate of drug-likeness (QED) is 0.484. The first kappa shape index (κ1) is 16.1. The fourth-order valence-corrected chi connectivity index (χ4v) is 2.52. The molecule has 2 heterocycles. The second-order valence-corrected chi connectivity index (χ2v) is 5.04. The van der Waals surface area contributed by atoms with Crippen molar-refractivity contribution in [2.24, 2.45) is 11.3 Å². The normalized spacial score (nSPS) is 24.6. The Bertz CT molecular complexity index is 684. The van der Waals surface area contributed by atoms with Crippen LogP contribution < -0.4 is 67.7 Å². The van der Waals surface area contributed by atoms with Crippen molar-refractivity contribution in [3.63, 3.8) is 0 Å². The van der Waals surface area contributed by atoms with Crippen molar-refractivity contribution in [1.82, 2.24) is 19.5 Å². The number of nitrogen functional groups attached to an aromatic ring is 1. The van der Waals surface area contributed by atoms with Gasteiger partial charge in [0, 0.05) is 24.5 Å². The van der Waals surface area contributed by atoms with E-state index in [1.807, 2.05) is 0 Å². The van der Waals surface area contributed by atoms with Gasteiger partial charge in [0.25, 0.3) is 0 Å². The molecule has 8 nitrogen and oxygen atoms in total. The molecule has 102 valence electrons. The second-order valence-electron chi connectivity index (χ2n) is 5.04. The first-order chi connectivity index (χ1) is 9.09. The third-order valence-electron chi connectivity index (χ3n) is 3.83. The molecule has 1 saturated carbocycles. The maximum Gasteiger partial charge on any atom is 1.00 e. The number of hydrogen-bond acceptors (Lipinski definition) is 6. The van der Waals surface area contributed by atoms with E-state index in [0.29, 0.717) is 12.2 Å². The van der Waals surface area contributed by atoms with E-state index in [9.17, 15) is 15.0 Å². The van der Waals surface area contributed by atoms with Crippen molar-refractivity contribution in [2.75, 3.05) is 18.9 Å². The molecule has 0 radical (unpaired) electrons. The Morgan fingerprint density at radius 2 is 2.30 bits per heavy atom. The van der Waals surface area contributed by atoms with Gasteiger partial charge in [0.05, 0.1) is 18.6 Å². The standard InChI is InChI=1S/C11H15N5O3.K/c12-10-14-8-7(9(19)15-10)13-5-16(8)3-11(4-18)1-6(11)2-17;/h5-6,17-18H,1-4H2,(H3,12,14,15,19);/q;+1/p-1/t6-,11-;/m0./s1. The van der Waals surface area contributed by atoms with E-state index in [0.717, 1.165) is 6.42 Å². The van der Waals surface area contributed by atoms with Crippen LogP contribution in [0.2, 0.25) is 0 Å². The average Bonchev–Trinajstić information content (AvgIpc) is 2.95. The van der Waals surface area contributed by atoms with Crippen molar-refractivity contribution in [3.8, 4) is 0 Å². The fourth-order valence-electron chi connectivity index (χ4n) is 2.52. The van der Waals surface area contributed by atoms with Crippen LogP contribution in [0.3, 0.4) is 0 Å². The van der Waals surface area contributed by atoms with E-state index >= 15 is 0 Å². The summed E-state index contributed by atoms with van der Waals surface area (Å²) in [4.78, 5) is 23.1. The topological polar surface area (TPSA) is 128 Å². The Balaban J connectivity index is 0.00000147. The first-order valence-electron chi connectivity index (χ1n) is 5.97. The summed E-state index contributed by atoms with van der Waals surface area (Å²) in [6.07, 6.45) is 2.23. The molecule has 0 saturated heterocycles. The summed E-state index contributed by atoms with van der Waals surface area (Å²) >= 11 is 0. The molecule has 1 aliphatic rings. The minimum Gasteiger partial charge on any atom is -0.453 e. The van der Waals surface area contributed by atoms with Crippen molar-refractivity contribution in [1.29, 1.82) is 0 Å². The summed E-state index contributed by atoms with van der Waals surface area (Å²) in [6, 6.07) is 0. The maximum atomic E-state index is 11.6. The van der Waals surface area contributed by atoms with Crippen LogP contribution in [-0.2, 0) is 6.54 Å². The molecule has 2 aromatic rings. The van der Waals surface area contributed by atoms with Crippen LogP contribution in [0.4, 0.5) is 5.95 Å². The number of fused-ring (bicyclic) bond motifs is 1. The number of aliphatic hydroxyl groups excluding tert-OH is 2. The molecule has 9 heteroatoms. The molecule has 0 bridgehead atoms. The molecule has 1 fully saturated rings. The fraction of sp³-hybridized carbons (Fsp3) is 0.545. The van der Waals surface area contributed by atoms with E-state index < -0.39 is 5.56 Å². The number of anilines is 1. The average molecular weight is 303 g/mol. The number of nitrogens with zero attached hydrogens (tertiary/aromatic N) is 4. The van der Waals surface area contributed by atoms with Gasteiger partial charge in [-0.25, -0.2) is 4.98 Å². The van der Waals surface area contributed by atoms with Crippen molar-refractivity contribution in [3.05, 3.63) is 16.7 Å². The molecule has 0 unspecified atom stereocenters. The monoisotopic (exact) mass is 303 g/mol. The molecule has 0 aliphatic heterocycles. The Kier molecular flexibility index (Phi) is 4.69. The Morgan fingerprint density at radius 1 is 1.55 bits per heavy atom. The molecule has 2 atom stereocenters. The molecule has 4 N–H and O–H groups in total. The molecule has 20 heavy (non-hydrogen) atoms. The largest absolute Gasteiger partial charge is 1.00 e. The molecule has 0 amide bonds. The summed E-state index contributed by atoms with van der Waals surface area (Å²) in [5, 5.41) is 18.6. The van der Waals surface area contributed by atoms with Gasteiger partial charge in [0.2, 0.25) is 5.56 Å². The van der Waals surface area contributed by atoms with Gasteiger partial charge in [0.1, 0.15) is 5.52 Å². The number of aromatic nitrogens is 4. The van der Waals surface area contributed by atoms with Crippen molar-refractivity contribution < 1.29 is 61.6 Å². The van der Waals surface area contributed by atoms with Gasteiger partial charge in [-0.15, -0.1) is 0 Å². The van der Waals surface area contributed by atoms with Crippen molar-refractivity contribution in [2.45, 2.75) is 13.0 Å². The van der Waals surface area contributed by atoms with E-state index in [2.05, 4.69) is 15.0 Å². The zero-order valence-corrected chi connectivity index (χ0v) is 14.3. The molecular formula is C11H14KN5O3. The number of hydrogen-bond donors (Lipinski definition) is 3. The predicted molar refractivity (Wildman–Crippen MR) is 66.2 cm³/mol. The minimum absolute atomic E-state index is 0. The zero-order chi connectivity index (χ0) is 13.6. The number of aliphatic hydroxyl groups is 2. The van der Waals surface area contributed by atoms with Gasteiger partial charge >= 0.3 is 51.4 Å². The Labute approximate surface area is 156 Å². The van der Waals surface area contributed by atoms with Crippen LogP contribution in [0.15, 0.2) is 11.1 Å². The molecule has 1 aliphatic carbocycles. The third-order valence-corrected chi connectivity index (χ3v) is 3.83. The summed E-state index contributed by atoms with van der Waals surface area (Å²) in [5.41, 5.74) is 5.14. The van der Waals surface area contributed by atoms with Crippen LogP contribution in [0.1, 0.15) is 6.42 Å². The van der Waals surface area contributed by atoms with Crippen LogP contribution in [0.25, 0.3) is 11.2 Å². The second kappa shape index (κ2) is 5.83. The van der Waals surface area contributed by atoms with Gasteiger partial charge in [-0.1, -0.05) is 0 Å². The summed E-state index contributed by atoms with van der Waals surface area (Å²) in [7, 11) is 0. The Hall–Kier alpha value is -0.294. The van der Waals surface area contributed by atoms with Crippen LogP contribution >= 0.6 is 0 Å². The van der Waals surface area contributed by atoms with E-state index in [1.54, 1.807) is 4.57 Å². The van der Waals surface area contributed by atoms with Crippen LogP contribution in [-0.4, -0.2) is 38.0 Å². The molecular weight excluding hydrogens is 289 g/mol. The molecule has 0 spiro atoms. The van der Waals surface area contributed by atoms with Gasteiger partial charge < -0.3 is 30.5 Å². The minimum atomic E-state index is -0.506. The first-order valence-corrected chi connectivity index (χ1v) is 5.97. The van der Waals surface area contributed by atoms with Gasteiger partial charge in [-0.05, 0) is 12.3 Å². The van der Waals surface area contributed by atoms with Gasteiger partial charge in [0.15, 0.2) is 0 Å². The van der Waals surface area contributed by atoms with Crippen molar-refractivity contribution >= 4 is 17.1 Å². The van der Waals surface area contributed by atoms with Crippen LogP contribution in [0, 0.1) is 11.3 Å². The van der Waals surface area contributed by atoms with Gasteiger partial charge in [-0.2, -0.15) is 0 Å². The predicted octanol–water partition coefficient (Wildman–Crippen LogP) is -4.67. The third kappa shape index (κ3) is 2.59. The zero-order valence-electron chi connectivity index (χ0n) is 11.2. The molecule has 2 aromatic heterocycles. The summed E-state index contributed by atoms with van der Waals surface area (Å²) < 4.78 is 1.68.